The van der Waals surface area contributed by atoms with Gasteiger partial charge in [0, 0.05) is 18.6 Å². The summed E-state index contributed by atoms with van der Waals surface area (Å²) in [6.07, 6.45) is -1.08. The van der Waals surface area contributed by atoms with Gasteiger partial charge in [-0.1, -0.05) is 19.1 Å². The van der Waals surface area contributed by atoms with Crippen LogP contribution < -0.4 is 5.73 Å². The van der Waals surface area contributed by atoms with E-state index >= 15 is 0 Å². The first-order valence-corrected chi connectivity index (χ1v) is 7.10. The van der Waals surface area contributed by atoms with Gasteiger partial charge in [-0.25, -0.2) is 0 Å². The zero-order valence-corrected chi connectivity index (χ0v) is 11.7. The highest BCUT2D eigenvalue weighted by atomic mass is 19.4. The van der Waals surface area contributed by atoms with Crippen molar-refractivity contribution in [3.05, 3.63) is 35.4 Å². The second kappa shape index (κ2) is 6.14. The molecular weight excluding hydrogens is 265 g/mol. The Bertz CT molecular complexity index is 441. The van der Waals surface area contributed by atoms with E-state index in [0.29, 0.717) is 18.2 Å². The number of hydrogen-bond donors (Lipinski definition) is 1. The van der Waals surface area contributed by atoms with Gasteiger partial charge in [0.05, 0.1) is 5.56 Å². The predicted molar refractivity (Wildman–Crippen MR) is 73.3 cm³/mol. The van der Waals surface area contributed by atoms with E-state index in [2.05, 4.69) is 11.8 Å². The smallest absolute Gasteiger partial charge is 0.329 e. The third-order valence-electron chi connectivity index (χ3n) is 3.72. The maximum atomic E-state index is 12.8. The molecule has 0 radical (unpaired) electrons. The number of alkyl halides is 3. The van der Waals surface area contributed by atoms with Gasteiger partial charge in [-0.05, 0) is 43.5 Å². The van der Waals surface area contributed by atoms with Gasteiger partial charge >= 0.3 is 6.18 Å². The molecule has 0 heterocycles. The first-order chi connectivity index (χ1) is 9.47. The second-order valence-corrected chi connectivity index (χ2v) is 5.34. The molecule has 5 heteroatoms. The zero-order valence-electron chi connectivity index (χ0n) is 11.7. The van der Waals surface area contributed by atoms with Crippen LogP contribution in [0.5, 0.6) is 0 Å². The molecule has 1 aromatic rings. The lowest BCUT2D eigenvalue weighted by Crippen LogP contribution is -2.36. The number of halogens is 3. The fourth-order valence-electron chi connectivity index (χ4n) is 2.64. The standard InChI is InChI=1S/C15H21F3N2/c1-2-8-20(13-6-7-13)14(10-19)11-4-3-5-12(9-11)15(16,17)18/h3-5,9,13-14H,2,6-8,10,19H2,1H3. The van der Waals surface area contributed by atoms with Gasteiger partial charge in [0.25, 0.3) is 0 Å². The summed E-state index contributed by atoms with van der Waals surface area (Å²) in [5.74, 6) is 0. The SMILES string of the molecule is CCCN(C1CC1)C(CN)c1cccc(C(F)(F)F)c1. The molecule has 1 aromatic carbocycles. The van der Waals surface area contributed by atoms with Crippen LogP contribution in [-0.2, 0) is 6.18 Å². The van der Waals surface area contributed by atoms with E-state index in [1.54, 1.807) is 6.07 Å². The molecule has 1 unspecified atom stereocenters. The highest BCUT2D eigenvalue weighted by Gasteiger charge is 2.35. The molecule has 1 aliphatic rings. The third-order valence-corrected chi connectivity index (χ3v) is 3.72. The minimum Gasteiger partial charge on any atom is -0.329 e. The molecule has 2 rings (SSSR count). The van der Waals surface area contributed by atoms with Gasteiger partial charge in [0.2, 0.25) is 0 Å². The summed E-state index contributed by atoms with van der Waals surface area (Å²) >= 11 is 0. The van der Waals surface area contributed by atoms with Crippen molar-refractivity contribution in [2.45, 2.75) is 44.4 Å². The van der Waals surface area contributed by atoms with Crippen molar-refractivity contribution in [3.8, 4) is 0 Å². The van der Waals surface area contributed by atoms with E-state index in [0.717, 1.165) is 31.9 Å². The number of benzene rings is 1. The first kappa shape index (κ1) is 15.3. The van der Waals surface area contributed by atoms with Crippen LogP contribution in [0.1, 0.15) is 43.4 Å². The highest BCUT2D eigenvalue weighted by Crippen LogP contribution is 2.36. The van der Waals surface area contributed by atoms with Crippen LogP contribution >= 0.6 is 0 Å². The molecular formula is C15H21F3N2. The van der Waals surface area contributed by atoms with Crippen LogP contribution in [0.25, 0.3) is 0 Å². The summed E-state index contributed by atoms with van der Waals surface area (Å²) in [6.45, 7) is 3.30. The molecule has 112 valence electrons. The normalized spacial score (nSPS) is 17.5. The van der Waals surface area contributed by atoms with E-state index in [9.17, 15) is 13.2 Å². The molecule has 20 heavy (non-hydrogen) atoms. The van der Waals surface area contributed by atoms with Gasteiger partial charge in [-0.2, -0.15) is 13.2 Å². The Kier molecular flexibility index (Phi) is 4.70. The summed E-state index contributed by atoms with van der Waals surface area (Å²) in [5, 5.41) is 0. The van der Waals surface area contributed by atoms with Crippen LogP contribution in [0.3, 0.4) is 0 Å². The molecule has 1 aliphatic carbocycles. The van der Waals surface area contributed by atoms with Gasteiger partial charge in [0.1, 0.15) is 0 Å². The molecule has 2 nitrogen and oxygen atoms in total. The number of rotatable bonds is 6. The lowest BCUT2D eigenvalue weighted by atomic mass is 10.0. The molecule has 1 fully saturated rings. The Labute approximate surface area is 117 Å². The Hall–Kier alpha value is -1.07. The highest BCUT2D eigenvalue weighted by molar-refractivity contribution is 5.28. The Morgan fingerprint density at radius 2 is 2.05 bits per heavy atom. The van der Waals surface area contributed by atoms with Crippen LogP contribution in [0.15, 0.2) is 24.3 Å². The maximum absolute atomic E-state index is 12.8. The zero-order chi connectivity index (χ0) is 14.8. The van der Waals surface area contributed by atoms with E-state index in [1.165, 1.54) is 12.1 Å². The van der Waals surface area contributed by atoms with Gasteiger partial charge in [-0.15, -0.1) is 0 Å². The van der Waals surface area contributed by atoms with Gasteiger partial charge in [0.15, 0.2) is 0 Å². The molecule has 0 aromatic heterocycles. The fourth-order valence-corrected chi connectivity index (χ4v) is 2.64. The summed E-state index contributed by atoms with van der Waals surface area (Å²) in [6, 6.07) is 5.93. The van der Waals surface area contributed by atoms with Crippen LogP contribution in [0, 0.1) is 0 Å². The summed E-state index contributed by atoms with van der Waals surface area (Å²) in [5.41, 5.74) is 5.91. The molecule has 1 saturated carbocycles. The molecule has 0 bridgehead atoms. The lowest BCUT2D eigenvalue weighted by Gasteiger charge is -2.31. The summed E-state index contributed by atoms with van der Waals surface area (Å²) < 4.78 is 38.4. The molecule has 1 atom stereocenters. The topological polar surface area (TPSA) is 29.3 Å². The van der Waals surface area contributed by atoms with E-state index in [-0.39, 0.29) is 6.04 Å². The monoisotopic (exact) mass is 286 g/mol. The third kappa shape index (κ3) is 3.52. The van der Waals surface area contributed by atoms with Crippen molar-refractivity contribution >= 4 is 0 Å². The minimum atomic E-state index is -4.30. The Morgan fingerprint density at radius 3 is 2.55 bits per heavy atom. The van der Waals surface area contributed by atoms with Crippen molar-refractivity contribution in [2.75, 3.05) is 13.1 Å². The Balaban J connectivity index is 2.26. The van der Waals surface area contributed by atoms with E-state index in [4.69, 9.17) is 5.73 Å². The van der Waals surface area contributed by atoms with Crippen molar-refractivity contribution in [2.24, 2.45) is 5.73 Å². The average Bonchev–Trinajstić information content (AvgIpc) is 3.22. The number of nitrogens with two attached hydrogens (primary N) is 1. The molecule has 0 amide bonds. The molecule has 2 N–H and O–H groups in total. The minimum absolute atomic E-state index is 0.121. The second-order valence-electron chi connectivity index (χ2n) is 5.34. The van der Waals surface area contributed by atoms with Crippen molar-refractivity contribution in [3.63, 3.8) is 0 Å². The van der Waals surface area contributed by atoms with Crippen molar-refractivity contribution < 1.29 is 13.2 Å². The van der Waals surface area contributed by atoms with Crippen LogP contribution in [0.2, 0.25) is 0 Å². The molecule has 0 spiro atoms. The van der Waals surface area contributed by atoms with Crippen molar-refractivity contribution in [1.29, 1.82) is 0 Å². The summed E-state index contributed by atoms with van der Waals surface area (Å²) in [7, 11) is 0. The number of hydrogen-bond acceptors (Lipinski definition) is 2. The largest absolute Gasteiger partial charge is 0.416 e. The fraction of sp³-hybridized carbons (Fsp3) is 0.600. The van der Waals surface area contributed by atoms with Crippen LogP contribution in [0.4, 0.5) is 13.2 Å². The Morgan fingerprint density at radius 1 is 1.35 bits per heavy atom. The van der Waals surface area contributed by atoms with Gasteiger partial charge in [-0.3, -0.25) is 4.90 Å². The summed E-state index contributed by atoms with van der Waals surface area (Å²) in [4.78, 5) is 2.26. The molecule has 0 aliphatic heterocycles. The van der Waals surface area contributed by atoms with Crippen LogP contribution in [-0.4, -0.2) is 24.0 Å². The van der Waals surface area contributed by atoms with Gasteiger partial charge < -0.3 is 5.73 Å². The molecule has 0 saturated heterocycles. The van der Waals surface area contributed by atoms with E-state index < -0.39 is 11.7 Å². The van der Waals surface area contributed by atoms with E-state index in [1.807, 2.05) is 0 Å². The first-order valence-electron chi connectivity index (χ1n) is 7.10. The number of nitrogens with zero attached hydrogens (tertiary/aromatic N) is 1. The average molecular weight is 286 g/mol. The lowest BCUT2D eigenvalue weighted by molar-refractivity contribution is -0.137. The maximum Gasteiger partial charge on any atom is 0.416 e. The van der Waals surface area contributed by atoms with Crippen molar-refractivity contribution in [1.82, 2.24) is 4.90 Å². The quantitative estimate of drug-likeness (QED) is 0.866. The predicted octanol–water partition coefficient (Wildman–Crippen LogP) is 3.58.